The predicted molar refractivity (Wildman–Crippen MR) is 79.7 cm³/mol. The lowest BCUT2D eigenvalue weighted by molar-refractivity contribution is 0.0554. The van der Waals surface area contributed by atoms with Crippen LogP contribution in [0.4, 0.5) is 0 Å². The first-order valence-electron chi connectivity index (χ1n) is 7.55. The Balaban J connectivity index is 2.25. The number of fused-ring (bicyclic) bond motifs is 2. The van der Waals surface area contributed by atoms with Gasteiger partial charge >= 0.3 is 0 Å². The lowest BCUT2D eigenvalue weighted by Gasteiger charge is -2.32. The summed E-state index contributed by atoms with van der Waals surface area (Å²) in [5.41, 5.74) is 6.57. The average molecular weight is 258 g/mol. The molecule has 1 heteroatoms. The molecule has 1 aliphatic heterocycles. The first kappa shape index (κ1) is 13.2. The Kier molecular flexibility index (Phi) is 2.67. The predicted octanol–water partition coefficient (Wildman–Crippen LogP) is 4.53. The van der Waals surface area contributed by atoms with Gasteiger partial charge in [-0.3, -0.25) is 0 Å². The summed E-state index contributed by atoms with van der Waals surface area (Å²) in [6.45, 7) is 15.0. The van der Waals surface area contributed by atoms with Gasteiger partial charge in [0, 0.05) is 0 Å². The van der Waals surface area contributed by atoms with Crippen molar-refractivity contribution in [2.75, 3.05) is 6.61 Å². The lowest BCUT2D eigenvalue weighted by atomic mass is 9.71. The van der Waals surface area contributed by atoms with E-state index in [1.54, 1.807) is 11.1 Å². The molecule has 0 amide bonds. The minimum Gasteiger partial charge on any atom is -0.373 e. The van der Waals surface area contributed by atoms with E-state index in [0.29, 0.717) is 5.92 Å². The second kappa shape index (κ2) is 3.85. The first-order valence-corrected chi connectivity index (χ1v) is 7.55. The van der Waals surface area contributed by atoms with Crippen LogP contribution >= 0.6 is 0 Å². The molecular weight excluding hydrogens is 232 g/mol. The van der Waals surface area contributed by atoms with Gasteiger partial charge in [-0.15, -0.1) is 0 Å². The Morgan fingerprint density at radius 3 is 2.21 bits per heavy atom. The summed E-state index contributed by atoms with van der Waals surface area (Å²) < 4.78 is 5.81. The average Bonchev–Trinajstić information content (AvgIpc) is 2.48. The third-order valence-electron chi connectivity index (χ3n) is 6.01. The van der Waals surface area contributed by atoms with E-state index in [1.165, 1.54) is 11.1 Å². The van der Waals surface area contributed by atoms with Gasteiger partial charge in [-0.05, 0) is 52.3 Å². The van der Waals surface area contributed by atoms with Crippen LogP contribution in [0.5, 0.6) is 0 Å². The van der Waals surface area contributed by atoms with E-state index < -0.39 is 0 Å². The van der Waals surface area contributed by atoms with Gasteiger partial charge in [0.1, 0.15) is 0 Å². The third kappa shape index (κ3) is 1.64. The molecule has 2 unspecified atom stereocenters. The van der Waals surface area contributed by atoms with Crippen LogP contribution in [-0.4, -0.2) is 6.61 Å². The number of benzene rings is 1. The number of hydrogen-bond acceptors (Lipinski definition) is 1. The van der Waals surface area contributed by atoms with Crippen LogP contribution in [0, 0.1) is 5.92 Å². The van der Waals surface area contributed by atoms with Gasteiger partial charge in [-0.1, -0.05) is 46.8 Å². The molecule has 1 aromatic rings. The fraction of sp³-hybridized carbons (Fsp3) is 0.667. The van der Waals surface area contributed by atoms with Crippen molar-refractivity contribution in [2.45, 2.75) is 64.9 Å². The largest absolute Gasteiger partial charge is 0.373 e. The summed E-state index contributed by atoms with van der Waals surface area (Å²) in [7, 11) is 0. The van der Waals surface area contributed by atoms with Crippen LogP contribution in [0.3, 0.4) is 0 Å². The van der Waals surface area contributed by atoms with E-state index in [0.717, 1.165) is 13.0 Å². The summed E-state index contributed by atoms with van der Waals surface area (Å²) in [4.78, 5) is 0. The van der Waals surface area contributed by atoms with Gasteiger partial charge < -0.3 is 4.74 Å². The van der Waals surface area contributed by atoms with E-state index in [2.05, 4.69) is 53.7 Å². The van der Waals surface area contributed by atoms with Crippen LogP contribution < -0.4 is 0 Å². The van der Waals surface area contributed by atoms with E-state index in [9.17, 15) is 0 Å². The second-order valence-corrected chi connectivity index (χ2v) is 7.52. The minimum atomic E-state index is 0.254. The highest BCUT2D eigenvalue weighted by Crippen LogP contribution is 2.54. The molecular formula is C18H26O. The third-order valence-corrected chi connectivity index (χ3v) is 6.01. The van der Waals surface area contributed by atoms with Gasteiger partial charge in [0.15, 0.2) is 0 Å². The lowest BCUT2D eigenvalue weighted by Crippen LogP contribution is -2.30. The van der Waals surface area contributed by atoms with Crippen LogP contribution in [-0.2, 0) is 22.0 Å². The Labute approximate surface area is 117 Å². The Morgan fingerprint density at radius 2 is 1.58 bits per heavy atom. The van der Waals surface area contributed by atoms with Gasteiger partial charge in [0.25, 0.3) is 0 Å². The molecule has 104 valence electrons. The van der Waals surface area contributed by atoms with Crippen molar-refractivity contribution in [3.63, 3.8) is 0 Å². The monoisotopic (exact) mass is 258 g/mol. The Hall–Kier alpha value is -0.820. The van der Waals surface area contributed by atoms with Crippen molar-refractivity contribution in [3.8, 4) is 0 Å². The summed E-state index contributed by atoms with van der Waals surface area (Å²) in [5, 5.41) is 0. The number of hydrogen-bond donors (Lipinski definition) is 0. The maximum atomic E-state index is 5.81. The molecule has 0 N–H and O–H groups in total. The fourth-order valence-corrected chi connectivity index (χ4v) is 4.13. The van der Waals surface area contributed by atoms with Crippen molar-refractivity contribution >= 4 is 0 Å². The highest BCUT2D eigenvalue weighted by atomic mass is 16.5. The molecule has 19 heavy (non-hydrogen) atoms. The first-order chi connectivity index (χ1) is 8.76. The van der Waals surface area contributed by atoms with Crippen LogP contribution in [0.2, 0.25) is 0 Å². The highest BCUT2D eigenvalue weighted by Gasteiger charge is 2.48. The standard InChI is InChI=1S/C18H26O/c1-11-14-10-16-15(9-13(14)7-8-19-11)17(3,4)12(2)18(16,5)6/h9-12H,7-8H2,1-6H3. The zero-order chi connectivity index (χ0) is 14.0. The maximum absolute atomic E-state index is 5.81. The summed E-state index contributed by atoms with van der Waals surface area (Å²) >= 11 is 0. The quantitative estimate of drug-likeness (QED) is 0.664. The number of ether oxygens (including phenoxy) is 1. The van der Waals surface area contributed by atoms with Crippen molar-refractivity contribution in [3.05, 3.63) is 34.4 Å². The minimum absolute atomic E-state index is 0.254. The second-order valence-electron chi connectivity index (χ2n) is 7.52. The maximum Gasteiger partial charge on any atom is 0.0799 e. The molecule has 0 aromatic heterocycles. The molecule has 0 saturated heterocycles. The summed E-state index contributed by atoms with van der Waals surface area (Å²) in [6, 6.07) is 4.93. The molecule has 0 saturated carbocycles. The van der Waals surface area contributed by atoms with Crippen LogP contribution in [0.1, 0.15) is 69.9 Å². The Morgan fingerprint density at radius 1 is 1.00 bits per heavy atom. The van der Waals surface area contributed by atoms with Gasteiger partial charge in [-0.25, -0.2) is 0 Å². The summed E-state index contributed by atoms with van der Waals surface area (Å²) in [6.07, 6.45) is 1.32. The molecule has 3 rings (SSSR count). The molecule has 0 bridgehead atoms. The molecule has 1 aliphatic carbocycles. The molecule has 2 aliphatic rings. The Bertz CT molecular complexity index is 525. The smallest absolute Gasteiger partial charge is 0.0799 e. The van der Waals surface area contributed by atoms with E-state index in [-0.39, 0.29) is 16.9 Å². The number of rotatable bonds is 0. The zero-order valence-corrected chi connectivity index (χ0v) is 13.1. The van der Waals surface area contributed by atoms with Crippen LogP contribution in [0.25, 0.3) is 0 Å². The normalized spacial score (nSPS) is 30.8. The van der Waals surface area contributed by atoms with Crippen molar-refractivity contribution < 1.29 is 4.74 Å². The highest BCUT2D eigenvalue weighted by molar-refractivity contribution is 5.51. The fourth-order valence-electron chi connectivity index (χ4n) is 4.13. The van der Waals surface area contributed by atoms with E-state index in [1.807, 2.05) is 0 Å². The molecule has 0 spiro atoms. The molecule has 0 fully saturated rings. The molecule has 1 aromatic carbocycles. The van der Waals surface area contributed by atoms with Gasteiger partial charge in [0.2, 0.25) is 0 Å². The van der Waals surface area contributed by atoms with Crippen molar-refractivity contribution in [1.82, 2.24) is 0 Å². The summed E-state index contributed by atoms with van der Waals surface area (Å²) in [5.74, 6) is 0.662. The van der Waals surface area contributed by atoms with Gasteiger partial charge in [-0.2, -0.15) is 0 Å². The van der Waals surface area contributed by atoms with E-state index >= 15 is 0 Å². The topological polar surface area (TPSA) is 9.23 Å². The SMILES string of the molecule is CC1OCCc2cc3c(cc21)C(C)(C)C(C)C3(C)C. The molecule has 2 atom stereocenters. The molecule has 1 nitrogen and oxygen atoms in total. The van der Waals surface area contributed by atoms with E-state index in [4.69, 9.17) is 4.74 Å². The molecule has 0 radical (unpaired) electrons. The van der Waals surface area contributed by atoms with Crippen LogP contribution in [0.15, 0.2) is 12.1 Å². The zero-order valence-electron chi connectivity index (χ0n) is 13.1. The van der Waals surface area contributed by atoms with Crippen molar-refractivity contribution in [1.29, 1.82) is 0 Å². The van der Waals surface area contributed by atoms with Crippen molar-refractivity contribution in [2.24, 2.45) is 5.92 Å². The van der Waals surface area contributed by atoms with Gasteiger partial charge in [0.05, 0.1) is 12.7 Å². The molecule has 1 heterocycles.